The Labute approximate surface area is 125 Å². The fourth-order valence-electron chi connectivity index (χ4n) is 2.27. The minimum atomic E-state index is -0.330. The number of carbonyl (C=O) groups is 2. The van der Waals surface area contributed by atoms with Crippen LogP contribution in [0.5, 0.6) is 0 Å². The van der Waals surface area contributed by atoms with Crippen LogP contribution in [0.2, 0.25) is 0 Å². The lowest BCUT2D eigenvalue weighted by Gasteiger charge is -2.22. The standard InChI is InChI=1S/C16H22N2O3/c1-2-11-21-16(20)12-6-8-13(9-7-12)18-15(19)14-5-3-4-10-17-14/h6-9,14,17H,2-5,10-11H2,1H3,(H,18,19)/t14-/m0/s1. The van der Waals surface area contributed by atoms with E-state index in [1.165, 1.54) is 0 Å². The van der Waals surface area contributed by atoms with E-state index < -0.39 is 0 Å². The number of anilines is 1. The molecule has 1 atom stereocenters. The SMILES string of the molecule is CCCOC(=O)c1ccc(NC(=O)[C@@H]2CCCCN2)cc1. The first-order valence-electron chi connectivity index (χ1n) is 7.52. The van der Waals surface area contributed by atoms with E-state index in [-0.39, 0.29) is 17.9 Å². The summed E-state index contributed by atoms with van der Waals surface area (Å²) in [6.07, 6.45) is 3.87. The molecule has 5 heteroatoms. The van der Waals surface area contributed by atoms with Crippen LogP contribution in [0.25, 0.3) is 0 Å². The van der Waals surface area contributed by atoms with Crippen molar-refractivity contribution in [1.29, 1.82) is 0 Å². The largest absolute Gasteiger partial charge is 0.462 e. The number of hydrogen-bond acceptors (Lipinski definition) is 4. The van der Waals surface area contributed by atoms with Gasteiger partial charge in [0, 0.05) is 5.69 Å². The zero-order chi connectivity index (χ0) is 15.1. The molecule has 5 nitrogen and oxygen atoms in total. The van der Waals surface area contributed by atoms with Gasteiger partial charge in [-0.1, -0.05) is 13.3 Å². The van der Waals surface area contributed by atoms with Crippen molar-refractivity contribution in [1.82, 2.24) is 5.32 Å². The van der Waals surface area contributed by atoms with Crippen molar-refractivity contribution in [2.45, 2.75) is 38.6 Å². The monoisotopic (exact) mass is 290 g/mol. The third-order valence-corrected chi connectivity index (χ3v) is 3.45. The molecule has 114 valence electrons. The van der Waals surface area contributed by atoms with Gasteiger partial charge in [0.05, 0.1) is 18.2 Å². The summed E-state index contributed by atoms with van der Waals surface area (Å²) < 4.78 is 5.06. The summed E-state index contributed by atoms with van der Waals surface area (Å²) in [4.78, 5) is 23.7. The predicted octanol–water partition coefficient (Wildman–Crippen LogP) is 2.33. The molecule has 1 fully saturated rings. The van der Waals surface area contributed by atoms with E-state index in [1.807, 2.05) is 6.92 Å². The summed E-state index contributed by atoms with van der Waals surface area (Å²) in [5, 5.41) is 6.07. The Morgan fingerprint density at radius 1 is 1.29 bits per heavy atom. The minimum Gasteiger partial charge on any atom is -0.462 e. The van der Waals surface area contributed by atoms with Gasteiger partial charge in [-0.3, -0.25) is 4.79 Å². The van der Waals surface area contributed by atoms with E-state index in [1.54, 1.807) is 24.3 Å². The van der Waals surface area contributed by atoms with Crippen molar-refractivity contribution < 1.29 is 14.3 Å². The molecule has 1 heterocycles. The molecule has 0 radical (unpaired) electrons. The number of hydrogen-bond donors (Lipinski definition) is 2. The van der Waals surface area contributed by atoms with Gasteiger partial charge in [-0.2, -0.15) is 0 Å². The summed E-state index contributed by atoms with van der Waals surface area (Å²) in [6, 6.07) is 6.67. The van der Waals surface area contributed by atoms with Crippen molar-refractivity contribution in [3.8, 4) is 0 Å². The molecular formula is C16H22N2O3. The zero-order valence-corrected chi connectivity index (χ0v) is 12.4. The smallest absolute Gasteiger partial charge is 0.338 e. The van der Waals surface area contributed by atoms with Crippen molar-refractivity contribution in [2.75, 3.05) is 18.5 Å². The molecule has 1 amide bonds. The predicted molar refractivity (Wildman–Crippen MR) is 81.3 cm³/mol. The highest BCUT2D eigenvalue weighted by atomic mass is 16.5. The summed E-state index contributed by atoms with van der Waals surface area (Å²) in [6.45, 7) is 3.26. The first-order valence-corrected chi connectivity index (χ1v) is 7.52. The molecule has 1 aliphatic rings. The molecule has 1 saturated heterocycles. The summed E-state index contributed by atoms with van der Waals surface area (Å²) >= 11 is 0. The molecule has 2 rings (SSSR count). The number of benzene rings is 1. The van der Waals surface area contributed by atoms with E-state index in [0.717, 1.165) is 32.2 Å². The quantitative estimate of drug-likeness (QED) is 0.817. The van der Waals surface area contributed by atoms with Crippen LogP contribution >= 0.6 is 0 Å². The van der Waals surface area contributed by atoms with Crippen LogP contribution in [0.15, 0.2) is 24.3 Å². The van der Waals surface area contributed by atoms with Crippen molar-refractivity contribution in [2.24, 2.45) is 0 Å². The van der Waals surface area contributed by atoms with Gasteiger partial charge in [0.25, 0.3) is 0 Å². The molecule has 1 aromatic carbocycles. The second kappa shape index (κ2) is 7.78. The van der Waals surface area contributed by atoms with Crippen molar-refractivity contribution in [3.05, 3.63) is 29.8 Å². The van der Waals surface area contributed by atoms with Gasteiger partial charge < -0.3 is 15.4 Å². The fourth-order valence-corrected chi connectivity index (χ4v) is 2.27. The van der Waals surface area contributed by atoms with Crippen LogP contribution in [0, 0.1) is 0 Å². The summed E-state index contributed by atoms with van der Waals surface area (Å²) in [5.41, 5.74) is 1.19. The molecule has 0 aliphatic carbocycles. The molecule has 0 aromatic heterocycles. The van der Waals surface area contributed by atoms with Gasteiger partial charge in [0.2, 0.25) is 5.91 Å². The number of ether oxygens (including phenoxy) is 1. The van der Waals surface area contributed by atoms with Crippen molar-refractivity contribution >= 4 is 17.6 Å². The van der Waals surface area contributed by atoms with Gasteiger partial charge in [-0.15, -0.1) is 0 Å². The number of rotatable bonds is 5. The number of esters is 1. The average molecular weight is 290 g/mol. The van der Waals surface area contributed by atoms with E-state index in [9.17, 15) is 9.59 Å². The van der Waals surface area contributed by atoms with E-state index >= 15 is 0 Å². The molecule has 0 bridgehead atoms. The maximum absolute atomic E-state index is 12.1. The molecule has 1 aromatic rings. The number of piperidine rings is 1. The van der Waals surface area contributed by atoms with Crippen LogP contribution in [-0.4, -0.2) is 31.1 Å². The van der Waals surface area contributed by atoms with Gasteiger partial charge in [0.15, 0.2) is 0 Å². The number of nitrogens with one attached hydrogen (secondary N) is 2. The maximum Gasteiger partial charge on any atom is 0.338 e. The van der Waals surface area contributed by atoms with E-state index in [4.69, 9.17) is 4.74 Å². The Bertz CT molecular complexity index is 479. The highest BCUT2D eigenvalue weighted by molar-refractivity contribution is 5.95. The topological polar surface area (TPSA) is 67.4 Å². The normalized spacial score (nSPS) is 18.0. The Morgan fingerprint density at radius 2 is 2.05 bits per heavy atom. The van der Waals surface area contributed by atoms with Crippen LogP contribution in [0.3, 0.4) is 0 Å². The molecule has 1 aliphatic heterocycles. The maximum atomic E-state index is 12.1. The first-order chi connectivity index (χ1) is 10.2. The Morgan fingerprint density at radius 3 is 2.67 bits per heavy atom. The second-order valence-electron chi connectivity index (χ2n) is 5.21. The van der Waals surface area contributed by atoms with E-state index in [2.05, 4.69) is 10.6 Å². The Kier molecular flexibility index (Phi) is 5.75. The van der Waals surface area contributed by atoms with Crippen LogP contribution < -0.4 is 10.6 Å². The lowest BCUT2D eigenvalue weighted by molar-refractivity contribution is -0.118. The van der Waals surface area contributed by atoms with Gasteiger partial charge in [0.1, 0.15) is 0 Å². The van der Waals surface area contributed by atoms with Crippen LogP contribution in [-0.2, 0) is 9.53 Å². The van der Waals surface area contributed by atoms with Gasteiger partial charge in [-0.05, 0) is 50.1 Å². The lowest BCUT2D eigenvalue weighted by atomic mass is 10.0. The molecular weight excluding hydrogens is 268 g/mol. The zero-order valence-electron chi connectivity index (χ0n) is 12.4. The fraction of sp³-hybridized carbons (Fsp3) is 0.500. The third-order valence-electron chi connectivity index (χ3n) is 3.45. The first kappa shape index (κ1) is 15.5. The lowest BCUT2D eigenvalue weighted by Crippen LogP contribution is -2.43. The van der Waals surface area contributed by atoms with Gasteiger partial charge >= 0.3 is 5.97 Å². The third kappa shape index (κ3) is 4.56. The minimum absolute atomic E-state index is 0.0176. The second-order valence-corrected chi connectivity index (χ2v) is 5.21. The van der Waals surface area contributed by atoms with E-state index in [0.29, 0.717) is 17.9 Å². The Balaban J connectivity index is 1.89. The molecule has 0 spiro atoms. The average Bonchev–Trinajstić information content (AvgIpc) is 2.54. The summed E-state index contributed by atoms with van der Waals surface area (Å²) in [5.74, 6) is -0.348. The van der Waals surface area contributed by atoms with Crippen LogP contribution in [0.4, 0.5) is 5.69 Å². The molecule has 2 N–H and O–H groups in total. The number of carbonyl (C=O) groups excluding carboxylic acids is 2. The molecule has 0 saturated carbocycles. The van der Waals surface area contributed by atoms with Crippen LogP contribution in [0.1, 0.15) is 43.0 Å². The van der Waals surface area contributed by atoms with Gasteiger partial charge in [-0.25, -0.2) is 4.79 Å². The highest BCUT2D eigenvalue weighted by Gasteiger charge is 2.20. The molecule has 0 unspecified atom stereocenters. The number of amides is 1. The highest BCUT2D eigenvalue weighted by Crippen LogP contribution is 2.13. The molecule has 21 heavy (non-hydrogen) atoms. The van der Waals surface area contributed by atoms with Crippen molar-refractivity contribution in [3.63, 3.8) is 0 Å². The Hall–Kier alpha value is -1.88. The summed E-state index contributed by atoms with van der Waals surface area (Å²) in [7, 11) is 0.